The van der Waals surface area contributed by atoms with Gasteiger partial charge in [0.25, 0.3) is 0 Å². The van der Waals surface area contributed by atoms with Gasteiger partial charge in [-0.25, -0.2) is 0 Å². The standard InChI is InChI=1S/C23H24BrNO2/c24-20-11-5-10-19-18-9-4-8-16(12-13-21(18)25-23(19)20)14-22(26)27-15-17-6-2-1-3-7-17/h1-3,5-7,10-11,16,25H,4,8-9,12-15H2. The number of hydrogen-bond acceptors (Lipinski definition) is 2. The Morgan fingerprint density at radius 3 is 2.78 bits per heavy atom. The third-order valence-corrected chi connectivity index (χ3v) is 6.18. The SMILES string of the molecule is O=C(CC1CCCc2c([nH]c3c(Br)cccc23)CC1)OCc1ccccc1. The van der Waals surface area contributed by atoms with Crippen LogP contribution in [0.25, 0.3) is 10.9 Å². The minimum Gasteiger partial charge on any atom is -0.461 e. The molecular formula is C23H24BrNO2. The lowest BCUT2D eigenvalue weighted by atomic mass is 9.87. The number of aromatic nitrogens is 1. The number of aromatic amines is 1. The number of halogens is 1. The van der Waals surface area contributed by atoms with E-state index in [2.05, 4.69) is 39.1 Å². The van der Waals surface area contributed by atoms with E-state index in [0.29, 0.717) is 18.9 Å². The summed E-state index contributed by atoms with van der Waals surface area (Å²) in [5.41, 5.74) is 5.02. The summed E-state index contributed by atoms with van der Waals surface area (Å²) in [6.45, 7) is 0.368. The molecule has 1 aliphatic rings. The smallest absolute Gasteiger partial charge is 0.306 e. The van der Waals surface area contributed by atoms with Crippen LogP contribution in [0.4, 0.5) is 0 Å². The molecule has 1 unspecified atom stereocenters. The largest absolute Gasteiger partial charge is 0.461 e. The minimum absolute atomic E-state index is 0.0796. The van der Waals surface area contributed by atoms with E-state index in [0.717, 1.165) is 42.1 Å². The quantitative estimate of drug-likeness (QED) is 0.524. The topological polar surface area (TPSA) is 42.1 Å². The molecule has 0 bridgehead atoms. The molecule has 1 N–H and O–H groups in total. The molecule has 1 heterocycles. The summed E-state index contributed by atoms with van der Waals surface area (Å²) in [6.07, 6.45) is 5.81. The summed E-state index contributed by atoms with van der Waals surface area (Å²) >= 11 is 3.65. The molecule has 1 aromatic heterocycles. The molecule has 3 aromatic rings. The molecule has 0 aliphatic heterocycles. The number of ether oxygens (including phenoxy) is 1. The maximum Gasteiger partial charge on any atom is 0.306 e. The van der Waals surface area contributed by atoms with Gasteiger partial charge in [0.15, 0.2) is 0 Å². The Bertz CT molecular complexity index is 932. The van der Waals surface area contributed by atoms with Crippen molar-refractivity contribution in [2.24, 2.45) is 5.92 Å². The van der Waals surface area contributed by atoms with Gasteiger partial charge >= 0.3 is 5.97 Å². The second kappa shape index (κ2) is 8.30. The molecule has 3 nitrogen and oxygen atoms in total. The normalized spacial score (nSPS) is 17.1. The number of carbonyl (C=O) groups excluding carboxylic acids is 1. The molecule has 0 radical (unpaired) electrons. The van der Waals surface area contributed by atoms with Crippen molar-refractivity contribution < 1.29 is 9.53 Å². The van der Waals surface area contributed by atoms with Crippen molar-refractivity contribution in [3.63, 3.8) is 0 Å². The fraction of sp³-hybridized carbons (Fsp3) is 0.348. The van der Waals surface area contributed by atoms with Crippen molar-refractivity contribution in [2.45, 2.75) is 45.1 Å². The van der Waals surface area contributed by atoms with Crippen molar-refractivity contribution >= 4 is 32.8 Å². The summed E-state index contributed by atoms with van der Waals surface area (Å²) in [7, 11) is 0. The zero-order chi connectivity index (χ0) is 18.6. The van der Waals surface area contributed by atoms with Gasteiger partial charge in [0.05, 0.1) is 5.52 Å². The van der Waals surface area contributed by atoms with E-state index in [9.17, 15) is 4.79 Å². The van der Waals surface area contributed by atoms with Crippen LogP contribution >= 0.6 is 15.9 Å². The fourth-order valence-corrected chi connectivity index (χ4v) is 4.55. The molecule has 0 spiro atoms. The van der Waals surface area contributed by atoms with E-state index in [1.807, 2.05) is 30.3 Å². The number of carbonyl (C=O) groups is 1. The molecule has 140 valence electrons. The van der Waals surface area contributed by atoms with Gasteiger partial charge in [0.1, 0.15) is 6.61 Å². The van der Waals surface area contributed by atoms with E-state index >= 15 is 0 Å². The van der Waals surface area contributed by atoms with Gasteiger partial charge in [-0.1, -0.05) is 42.5 Å². The van der Waals surface area contributed by atoms with E-state index in [4.69, 9.17) is 4.74 Å². The highest BCUT2D eigenvalue weighted by atomic mass is 79.9. The average molecular weight is 426 g/mol. The second-order valence-corrected chi connectivity index (χ2v) is 8.25. The molecular weight excluding hydrogens is 402 g/mol. The summed E-state index contributed by atoms with van der Waals surface area (Å²) in [6, 6.07) is 16.3. The number of nitrogens with one attached hydrogen (secondary N) is 1. The molecule has 1 atom stereocenters. The number of hydrogen-bond donors (Lipinski definition) is 1. The van der Waals surface area contributed by atoms with Gasteiger partial charge in [0.2, 0.25) is 0 Å². The van der Waals surface area contributed by atoms with Crippen molar-refractivity contribution in [3.8, 4) is 0 Å². The summed E-state index contributed by atoms with van der Waals surface area (Å²) < 4.78 is 6.60. The van der Waals surface area contributed by atoms with Crippen LogP contribution in [0.15, 0.2) is 53.0 Å². The Morgan fingerprint density at radius 2 is 1.93 bits per heavy atom. The van der Waals surface area contributed by atoms with Gasteiger partial charge in [-0.15, -0.1) is 0 Å². The van der Waals surface area contributed by atoms with Gasteiger partial charge in [-0.2, -0.15) is 0 Å². The third-order valence-electron chi connectivity index (χ3n) is 5.52. The van der Waals surface area contributed by atoms with Crippen molar-refractivity contribution in [3.05, 3.63) is 69.8 Å². The lowest BCUT2D eigenvalue weighted by Crippen LogP contribution is -2.15. The summed E-state index contributed by atoms with van der Waals surface area (Å²) in [5, 5.41) is 1.33. The highest BCUT2D eigenvalue weighted by molar-refractivity contribution is 9.10. The highest BCUT2D eigenvalue weighted by Gasteiger charge is 2.21. The van der Waals surface area contributed by atoms with E-state index in [1.54, 1.807) is 0 Å². The van der Waals surface area contributed by atoms with Gasteiger partial charge in [-0.3, -0.25) is 4.79 Å². The number of H-pyrrole nitrogens is 1. The van der Waals surface area contributed by atoms with Crippen LogP contribution in [0.5, 0.6) is 0 Å². The Balaban J connectivity index is 1.38. The highest BCUT2D eigenvalue weighted by Crippen LogP contribution is 2.33. The van der Waals surface area contributed by atoms with Gasteiger partial charge in [0, 0.05) is 22.0 Å². The number of rotatable bonds is 4. The van der Waals surface area contributed by atoms with Gasteiger partial charge in [-0.05, 0) is 71.1 Å². The second-order valence-electron chi connectivity index (χ2n) is 7.39. The first kappa shape index (κ1) is 18.3. The zero-order valence-corrected chi connectivity index (χ0v) is 16.9. The first-order valence-electron chi connectivity index (χ1n) is 9.68. The Labute approximate surface area is 168 Å². The molecule has 2 aromatic carbocycles. The number of aryl methyl sites for hydroxylation is 2. The molecule has 0 saturated heterocycles. The molecule has 27 heavy (non-hydrogen) atoms. The monoisotopic (exact) mass is 425 g/mol. The predicted molar refractivity (Wildman–Crippen MR) is 112 cm³/mol. The van der Waals surface area contributed by atoms with Crippen molar-refractivity contribution in [1.29, 1.82) is 0 Å². The average Bonchev–Trinajstić information content (AvgIpc) is 3.01. The maximum absolute atomic E-state index is 12.3. The van der Waals surface area contributed by atoms with Crippen LogP contribution in [0.1, 0.15) is 42.5 Å². The van der Waals surface area contributed by atoms with Crippen LogP contribution in [0, 0.1) is 5.92 Å². The van der Waals surface area contributed by atoms with Crippen LogP contribution in [-0.2, 0) is 29.0 Å². The Kier molecular flexibility index (Phi) is 5.63. The molecule has 1 aliphatic carbocycles. The third kappa shape index (κ3) is 4.27. The van der Waals surface area contributed by atoms with Crippen molar-refractivity contribution in [2.75, 3.05) is 0 Å². The fourth-order valence-electron chi connectivity index (χ4n) is 4.09. The Hall–Kier alpha value is -2.07. The van der Waals surface area contributed by atoms with Crippen LogP contribution < -0.4 is 0 Å². The molecule has 0 amide bonds. The number of fused-ring (bicyclic) bond motifs is 3. The Morgan fingerprint density at radius 1 is 1.07 bits per heavy atom. The first-order chi connectivity index (χ1) is 13.2. The van der Waals surface area contributed by atoms with Crippen LogP contribution in [0.3, 0.4) is 0 Å². The van der Waals surface area contributed by atoms with E-state index < -0.39 is 0 Å². The number of benzene rings is 2. The molecule has 4 rings (SSSR count). The molecule has 0 fully saturated rings. The minimum atomic E-state index is -0.0796. The van der Waals surface area contributed by atoms with Crippen LogP contribution in [-0.4, -0.2) is 11.0 Å². The zero-order valence-electron chi connectivity index (χ0n) is 15.3. The van der Waals surface area contributed by atoms with Gasteiger partial charge < -0.3 is 9.72 Å². The molecule has 0 saturated carbocycles. The molecule has 4 heteroatoms. The maximum atomic E-state index is 12.3. The lowest BCUT2D eigenvalue weighted by Gasteiger charge is -2.19. The number of para-hydroxylation sites is 1. The summed E-state index contributed by atoms with van der Waals surface area (Å²) in [5.74, 6) is 0.320. The van der Waals surface area contributed by atoms with E-state index in [-0.39, 0.29) is 5.97 Å². The van der Waals surface area contributed by atoms with Crippen molar-refractivity contribution in [1.82, 2.24) is 4.98 Å². The first-order valence-corrected chi connectivity index (χ1v) is 10.5. The predicted octanol–water partition coefficient (Wildman–Crippen LogP) is 5.95. The van der Waals surface area contributed by atoms with Crippen LogP contribution in [0.2, 0.25) is 0 Å². The number of esters is 1. The summed E-state index contributed by atoms with van der Waals surface area (Å²) in [4.78, 5) is 15.9. The lowest BCUT2D eigenvalue weighted by molar-refractivity contribution is -0.146. The van der Waals surface area contributed by atoms with E-state index in [1.165, 1.54) is 22.2 Å².